The summed E-state index contributed by atoms with van der Waals surface area (Å²) in [5.41, 5.74) is 0.990. The van der Waals surface area contributed by atoms with Crippen molar-refractivity contribution in [2.24, 2.45) is 5.92 Å². The van der Waals surface area contributed by atoms with E-state index in [1.807, 2.05) is 43.3 Å². The van der Waals surface area contributed by atoms with E-state index >= 15 is 0 Å². The number of amides is 1. The Balaban J connectivity index is 1.68. The average Bonchev–Trinajstić information content (AvgIpc) is 2.73. The zero-order valence-electron chi connectivity index (χ0n) is 17.9. The minimum absolute atomic E-state index is 0.00321. The molecule has 5 nitrogen and oxygen atoms in total. The van der Waals surface area contributed by atoms with Gasteiger partial charge in [-0.15, -0.1) is 0 Å². The molecule has 0 aliphatic carbocycles. The van der Waals surface area contributed by atoms with Crippen LogP contribution in [0.1, 0.15) is 32.3 Å². The van der Waals surface area contributed by atoms with Gasteiger partial charge in [-0.25, -0.2) is 0 Å². The molecule has 0 bridgehead atoms. The summed E-state index contributed by atoms with van der Waals surface area (Å²) >= 11 is 0. The van der Waals surface area contributed by atoms with Gasteiger partial charge in [-0.3, -0.25) is 4.79 Å². The molecule has 2 rings (SSSR count). The summed E-state index contributed by atoms with van der Waals surface area (Å²) < 4.78 is 16.2. The van der Waals surface area contributed by atoms with Gasteiger partial charge in [-0.05, 0) is 41.3 Å². The fourth-order valence-corrected chi connectivity index (χ4v) is 2.89. The summed E-state index contributed by atoms with van der Waals surface area (Å²) in [6.07, 6.45) is 4.14. The van der Waals surface area contributed by atoms with Crippen molar-refractivity contribution in [3.63, 3.8) is 0 Å². The monoisotopic (exact) mass is 399 g/mol. The summed E-state index contributed by atoms with van der Waals surface area (Å²) in [5.74, 6) is 1.14. The third kappa shape index (κ3) is 7.87. The summed E-state index contributed by atoms with van der Waals surface area (Å²) in [4.78, 5) is 12.4. The zero-order chi connectivity index (χ0) is 21.1. The molecule has 0 radical (unpaired) electrons. The van der Waals surface area contributed by atoms with Crippen molar-refractivity contribution < 1.29 is 19.0 Å². The maximum Gasteiger partial charge on any atom is 0.227 e. The first-order valence-electron chi connectivity index (χ1n) is 10.2. The van der Waals surface area contributed by atoms with Crippen LogP contribution in [0, 0.1) is 5.92 Å². The number of fused-ring (bicyclic) bond motifs is 1. The molecule has 1 atom stereocenters. The van der Waals surface area contributed by atoms with E-state index in [1.54, 1.807) is 7.11 Å². The minimum atomic E-state index is -0.224. The van der Waals surface area contributed by atoms with Crippen LogP contribution in [-0.4, -0.2) is 46.0 Å². The molecule has 1 amide bonds. The Bertz CT molecular complexity index is 801. The fraction of sp³-hybridized carbons (Fsp3) is 0.458. The van der Waals surface area contributed by atoms with E-state index < -0.39 is 0 Å². The first kappa shape index (κ1) is 22.9. The van der Waals surface area contributed by atoms with Crippen molar-refractivity contribution in [2.45, 2.75) is 26.7 Å². The number of hydrogen-bond donors (Lipinski definition) is 1. The average molecular weight is 400 g/mol. The summed E-state index contributed by atoms with van der Waals surface area (Å²) in [5, 5.41) is 5.12. The van der Waals surface area contributed by atoms with Gasteiger partial charge in [0.15, 0.2) is 0 Å². The highest BCUT2D eigenvalue weighted by Crippen LogP contribution is 2.25. The zero-order valence-corrected chi connectivity index (χ0v) is 17.9. The van der Waals surface area contributed by atoms with E-state index in [4.69, 9.17) is 14.2 Å². The van der Waals surface area contributed by atoms with Gasteiger partial charge in [-0.2, -0.15) is 0 Å². The van der Waals surface area contributed by atoms with E-state index in [0.717, 1.165) is 22.1 Å². The Hall–Kier alpha value is -2.37. The van der Waals surface area contributed by atoms with Crippen molar-refractivity contribution in [1.29, 1.82) is 0 Å². The lowest BCUT2D eigenvalue weighted by molar-refractivity contribution is -0.122. The molecule has 5 heteroatoms. The quantitative estimate of drug-likeness (QED) is 0.427. The maximum absolute atomic E-state index is 12.4. The number of benzene rings is 2. The molecule has 29 heavy (non-hydrogen) atoms. The molecule has 158 valence electrons. The lowest BCUT2D eigenvalue weighted by Crippen LogP contribution is -2.31. The van der Waals surface area contributed by atoms with Gasteiger partial charge >= 0.3 is 0 Å². The lowest BCUT2D eigenvalue weighted by Gasteiger charge is -2.14. The molecule has 2 aromatic rings. The molecule has 1 N–H and O–H groups in total. The Kier molecular flexibility index (Phi) is 9.68. The Morgan fingerprint density at radius 3 is 2.48 bits per heavy atom. The Morgan fingerprint density at radius 2 is 1.72 bits per heavy atom. The van der Waals surface area contributed by atoms with Crippen LogP contribution in [0.3, 0.4) is 0 Å². The van der Waals surface area contributed by atoms with Gasteiger partial charge in [0.25, 0.3) is 0 Å². The highest BCUT2D eigenvalue weighted by molar-refractivity contribution is 5.88. The molecular weight excluding hydrogens is 366 g/mol. The lowest BCUT2D eigenvalue weighted by atomic mass is 9.97. The van der Waals surface area contributed by atoms with Crippen LogP contribution in [0.15, 0.2) is 48.6 Å². The van der Waals surface area contributed by atoms with Crippen molar-refractivity contribution >= 4 is 16.7 Å². The number of nitrogens with one attached hydrogen (secondary N) is 1. The number of carbonyl (C=O) groups is 1. The number of allylic oxidation sites excluding steroid dienone is 1. The van der Waals surface area contributed by atoms with Crippen LogP contribution in [0.4, 0.5) is 0 Å². The van der Waals surface area contributed by atoms with E-state index in [2.05, 4.69) is 31.3 Å². The summed E-state index contributed by atoms with van der Waals surface area (Å²) in [6.45, 7) is 8.82. The van der Waals surface area contributed by atoms with Gasteiger partial charge in [0.05, 0.1) is 39.5 Å². The molecule has 0 heterocycles. The maximum atomic E-state index is 12.4. The second kappa shape index (κ2) is 12.2. The molecule has 2 aromatic carbocycles. The number of carbonyl (C=O) groups excluding carboxylic acids is 1. The van der Waals surface area contributed by atoms with Gasteiger partial charge < -0.3 is 19.5 Å². The Labute approximate surface area is 174 Å². The fourth-order valence-electron chi connectivity index (χ4n) is 2.89. The van der Waals surface area contributed by atoms with E-state index in [-0.39, 0.29) is 11.8 Å². The molecule has 0 saturated carbocycles. The SMILES string of the molecule is COc1ccc2cc(C(C)C(=O)NCCOCCOC/C=C/C(C)C)ccc2c1. The molecule has 0 aliphatic rings. The van der Waals surface area contributed by atoms with Crippen LogP contribution in [0.2, 0.25) is 0 Å². The molecule has 1 unspecified atom stereocenters. The van der Waals surface area contributed by atoms with Crippen molar-refractivity contribution in [3.05, 3.63) is 54.1 Å². The second-order valence-electron chi connectivity index (χ2n) is 7.34. The number of methoxy groups -OCH3 is 1. The minimum Gasteiger partial charge on any atom is -0.497 e. The van der Waals surface area contributed by atoms with Crippen molar-refractivity contribution in [1.82, 2.24) is 5.32 Å². The largest absolute Gasteiger partial charge is 0.497 e. The molecule has 0 spiro atoms. The standard InChI is InChI=1S/C24H33NO4/c1-18(2)6-5-12-28-14-15-29-13-11-25-24(26)19(3)20-7-8-22-17-23(27-4)10-9-21(22)16-20/h5-10,16-19H,11-15H2,1-4H3,(H,25,26)/b6-5+. The normalized spacial score (nSPS) is 12.6. The van der Waals surface area contributed by atoms with Crippen molar-refractivity contribution in [2.75, 3.05) is 40.1 Å². The van der Waals surface area contributed by atoms with Gasteiger partial charge in [0.2, 0.25) is 5.91 Å². The first-order chi connectivity index (χ1) is 14.0. The van der Waals surface area contributed by atoms with E-state index in [0.29, 0.717) is 38.9 Å². The second-order valence-corrected chi connectivity index (χ2v) is 7.34. The van der Waals surface area contributed by atoms with Gasteiger partial charge in [-0.1, -0.05) is 50.3 Å². The topological polar surface area (TPSA) is 56.8 Å². The Morgan fingerprint density at radius 1 is 1.00 bits per heavy atom. The van der Waals surface area contributed by atoms with Crippen LogP contribution in [0.5, 0.6) is 5.75 Å². The molecule has 0 aliphatic heterocycles. The van der Waals surface area contributed by atoms with Crippen LogP contribution in [-0.2, 0) is 14.3 Å². The smallest absolute Gasteiger partial charge is 0.227 e. The summed E-state index contributed by atoms with van der Waals surface area (Å²) in [7, 11) is 1.66. The molecule has 0 aromatic heterocycles. The van der Waals surface area contributed by atoms with Crippen LogP contribution in [0.25, 0.3) is 10.8 Å². The van der Waals surface area contributed by atoms with Crippen molar-refractivity contribution in [3.8, 4) is 5.75 Å². The number of rotatable bonds is 12. The van der Waals surface area contributed by atoms with Gasteiger partial charge in [0.1, 0.15) is 5.75 Å². The third-order valence-corrected chi connectivity index (χ3v) is 4.62. The third-order valence-electron chi connectivity index (χ3n) is 4.62. The molecular formula is C24H33NO4. The van der Waals surface area contributed by atoms with E-state index in [1.165, 1.54) is 0 Å². The molecule has 0 fully saturated rings. The predicted molar refractivity (Wildman–Crippen MR) is 118 cm³/mol. The van der Waals surface area contributed by atoms with Gasteiger partial charge in [0, 0.05) is 6.54 Å². The predicted octanol–water partition coefficient (Wildman–Crippen LogP) is 4.31. The first-order valence-corrected chi connectivity index (χ1v) is 10.2. The highest BCUT2D eigenvalue weighted by atomic mass is 16.5. The number of ether oxygens (including phenoxy) is 3. The number of hydrogen-bond acceptors (Lipinski definition) is 4. The summed E-state index contributed by atoms with van der Waals surface area (Å²) in [6, 6.07) is 12.0. The van der Waals surface area contributed by atoms with E-state index in [9.17, 15) is 4.79 Å². The highest BCUT2D eigenvalue weighted by Gasteiger charge is 2.15. The molecule has 0 saturated heterocycles. The van der Waals surface area contributed by atoms with Crippen LogP contribution >= 0.6 is 0 Å². The van der Waals surface area contributed by atoms with Crippen LogP contribution < -0.4 is 10.1 Å².